The third kappa shape index (κ3) is 3.16. The topological polar surface area (TPSA) is 35.2 Å². The molecule has 0 bridgehead atoms. The maximum atomic E-state index is 6.06. The zero-order chi connectivity index (χ0) is 13.0. The smallest absolute Gasteiger partial charge is 0.125 e. The van der Waals surface area contributed by atoms with E-state index in [4.69, 9.17) is 33.7 Å². The molecule has 0 aliphatic rings. The van der Waals surface area contributed by atoms with Gasteiger partial charge in [-0.2, -0.15) is 0 Å². The fraction of sp³-hybridized carbons (Fsp3) is 0.143. The molecule has 2 N–H and O–H groups in total. The molecule has 0 fully saturated rings. The van der Waals surface area contributed by atoms with E-state index in [1.54, 1.807) is 6.07 Å². The van der Waals surface area contributed by atoms with Gasteiger partial charge in [0.2, 0.25) is 0 Å². The summed E-state index contributed by atoms with van der Waals surface area (Å²) in [4.78, 5) is 0. The Labute approximate surface area is 116 Å². The molecule has 0 unspecified atom stereocenters. The third-order valence-electron chi connectivity index (χ3n) is 2.56. The molecule has 0 spiro atoms. The van der Waals surface area contributed by atoms with Crippen LogP contribution in [0.1, 0.15) is 11.1 Å². The zero-order valence-corrected chi connectivity index (χ0v) is 11.2. The Bertz CT molecular complexity index is 543. The van der Waals surface area contributed by atoms with Gasteiger partial charge in [-0.05, 0) is 29.8 Å². The lowest BCUT2D eigenvalue weighted by molar-refractivity contribution is 0.303. The van der Waals surface area contributed by atoms with Crippen LogP contribution in [0.2, 0.25) is 10.0 Å². The SMILES string of the molecule is NCc1c(Cl)cccc1OCc1cccc(Cl)c1. The summed E-state index contributed by atoms with van der Waals surface area (Å²) in [5, 5.41) is 1.32. The van der Waals surface area contributed by atoms with E-state index in [0.29, 0.717) is 28.9 Å². The van der Waals surface area contributed by atoms with Crippen molar-refractivity contribution in [1.82, 2.24) is 0 Å². The molecule has 2 aromatic carbocycles. The van der Waals surface area contributed by atoms with Crippen LogP contribution in [-0.4, -0.2) is 0 Å². The second-order valence-corrected chi connectivity index (χ2v) is 4.68. The van der Waals surface area contributed by atoms with Crippen molar-refractivity contribution < 1.29 is 4.74 Å². The Morgan fingerprint density at radius 3 is 2.56 bits per heavy atom. The molecule has 0 atom stereocenters. The van der Waals surface area contributed by atoms with E-state index in [2.05, 4.69) is 0 Å². The Morgan fingerprint density at radius 1 is 1.06 bits per heavy atom. The second-order valence-electron chi connectivity index (χ2n) is 3.84. The predicted octanol–water partition coefficient (Wildman–Crippen LogP) is 4.03. The van der Waals surface area contributed by atoms with E-state index in [-0.39, 0.29) is 0 Å². The summed E-state index contributed by atoms with van der Waals surface area (Å²) < 4.78 is 5.73. The van der Waals surface area contributed by atoms with Crippen molar-refractivity contribution in [2.45, 2.75) is 13.2 Å². The summed E-state index contributed by atoms with van der Waals surface area (Å²) in [5.41, 5.74) is 7.48. The number of nitrogens with two attached hydrogens (primary N) is 1. The van der Waals surface area contributed by atoms with Crippen molar-refractivity contribution in [3.05, 3.63) is 63.6 Å². The van der Waals surface area contributed by atoms with Crippen molar-refractivity contribution in [3.8, 4) is 5.75 Å². The average Bonchev–Trinajstić information content (AvgIpc) is 2.36. The van der Waals surface area contributed by atoms with Crippen molar-refractivity contribution in [3.63, 3.8) is 0 Å². The van der Waals surface area contributed by atoms with Crippen molar-refractivity contribution >= 4 is 23.2 Å². The molecule has 0 saturated carbocycles. The van der Waals surface area contributed by atoms with Crippen molar-refractivity contribution in [1.29, 1.82) is 0 Å². The van der Waals surface area contributed by atoms with E-state index in [1.165, 1.54) is 0 Å². The van der Waals surface area contributed by atoms with Crippen LogP contribution in [0.25, 0.3) is 0 Å². The molecule has 0 amide bonds. The summed E-state index contributed by atoms with van der Waals surface area (Å²) in [5.74, 6) is 0.713. The highest BCUT2D eigenvalue weighted by Gasteiger charge is 2.06. The average molecular weight is 282 g/mol. The van der Waals surface area contributed by atoms with Gasteiger partial charge < -0.3 is 10.5 Å². The minimum Gasteiger partial charge on any atom is -0.489 e. The molecule has 0 aliphatic carbocycles. The Kier molecular flexibility index (Phi) is 4.48. The molecule has 0 aromatic heterocycles. The quantitative estimate of drug-likeness (QED) is 0.918. The number of rotatable bonds is 4. The first kappa shape index (κ1) is 13.2. The first-order chi connectivity index (χ1) is 8.70. The summed E-state index contributed by atoms with van der Waals surface area (Å²) in [6.45, 7) is 0.790. The van der Waals surface area contributed by atoms with Crippen LogP contribution in [0.4, 0.5) is 0 Å². The second kappa shape index (κ2) is 6.10. The number of hydrogen-bond acceptors (Lipinski definition) is 2. The Morgan fingerprint density at radius 2 is 1.83 bits per heavy atom. The fourth-order valence-corrected chi connectivity index (χ4v) is 2.12. The van der Waals surface area contributed by atoms with Gasteiger partial charge in [-0.15, -0.1) is 0 Å². The van der Waals surface area contributed by atoms with Gasteiger partial charge in [0.25, 0.3) is 0 Å². The van der Waals surface area contributed by atoms with Gasteiger partial charge in [0.05, 0.1) is 0 Å². The maximum absolute atomic E-state index is 6.06. The minimum atomic E-state index is 0.352. The fourth-order valence-electron chi connectivity index (χ4n) is 1.66. The molecule has 94 valence electrons. The molecule has 0 heterocycles. The van der Waals surface area contributed by atoms with E-state index in [1.807, 2.05) is 36.4 Å². The highest BCUT2D eigenvalue weighted by atomic mass is 35.5. The molecule has 18 heavy (non-hydrogen) atoms. The monoisotopic (exact) mass is 281 g/mol. The van der Waals surface area contributed by atoms with Gasteiger partial charge >= 0.3 is 0 Å². The van der Waals surface area contributed by atoms with Crippen molar-refractivity contribution in [2.75, 3.05) is 0 Å². The lowest BCUT2D eigenvalue weighted by Gasteiger charge is -2.11. The van der Waals surface area contributed by atoms with Crippen LogP contribution >= 0.6 is 23.2 Å². The van der Waals surface area contributed by atoms with E-state index < -0.39 is 0 Å². The van der Waals surface area contributed by atoms with E-state index in [9.17, 15) is 0 Å². The largest absolute Gasteiger partial charge is 0.489 e. The van der Waals surface area contributed by atoms with Crippen molar-refractivity contribution in [2.24, 2.45) is 5.73 Å². The summed E-state index contributed by atoms with van der Waals surface area (Å²) >= 11 is 12.0. The lowest BCUT2D eigenvalue weighted by atomic mass is 10.2. The minimum absolute atomic E-state index is 0.352. The normalized spacial score (nSPS) is 10.4. The van der Waals surface area contributed by atoms with Crippen LogP contribution in [0, 0.1) is 0 Å². The van der Waals surface area contributed by atoms with Gasteiger partial charge in [0.15, 0.2) is 0 Å². The third-order valence-corrected chi connectivity index (χ3v) is 3.15. The van der Waals surface area contributed by atoms with Crippen LogP contribution in [0.15, 0.2) is 42.5 Å². The Balaban J connectivity index is 2.13. The van der Waals surface area contributed by atoms with Gasteiger partial charge in [-0.25, -0.2) is 0 Å². The number of halogens is 2. The summed E-state index contributed by atoms with van der Waals surface area (Å²) in [7, 11) is 0. The molecule has 2 rings (SSSR count). The highest BCUT2D eigenvalue weighted by Crippen LogP contribution is 2.26. The first-order valence-corrected chi connectivity index (χ1v) is 6.31. The highest BCUT2D eigenvalue weighted by molar-refractivity contribution is 6.31. The lowest BCUT2D eigenvalue weighted by Crippen LogP contribution is -2.03. The van der Waals surface area contributed by atoms with Crippen LogP contribution in [0.5, 0.6) is 5.75 Å². The van der Waals surface area contributed by atoms with Crippen LogP contribution < -0.4 is 10.5 Å². The molecule has 2 nitrogen and oxygen atoms in total. The van der Waals surface area contributed by atoms with Gasteiger partial charge in [-0.1, -0.05) is 41.4 Å². The molecule has 0 saturated heterocycles. The van der Waals surface area contributed by atoms with Gasteiger partial charge in [0.1, 0.15) is 12.4 Å². The van der Waals surface area contributed by atoms with E-state index in [0.717, 1.165) is 11.1 Å². The number of hydrogen-bond donors (Lipinski definition) is 1. The molecule has 2 aromatic rings. The molecular weight excluding hydrogens is 269 g/mol. The summed E-state index contributed by atoms with van der Waals surface area (Å²) in [6.07, 6.45) is 0. The van der Waals surface area contributed by atoms with Gasteiger partial charge in [0, 0.05) is 22.2 Å². The van der Waals surface area contributed by atoms with E-state index >= 15 is 0 Å². The summed E-state index contributed by atoms with van der Waals surface area (Å²) in [6, 6.07) is 13.1. The molecule has 0 aliphatic heterocycles. The first-order valence-electron chi connectivity index (χ1n) is 5.55. The maximum Gasteiger partial charge on any atom is 0.125 e. The number of ether oxygens (including phenoxy) is 1. The predicted molar refractivity (Wildman–Crippen MR) is 75.1 cm³/mol. The van der Waals surface area contributed by atoms with Crippen LogP contribution in [-0.2, 0) is 13.2 Å². The van der Waals surface area contributed by atoms with Crippen LogP contribution in [0.3, 0.4) is 0 Å². The zero-order valence-electron chi connectivity index (χ0n) is 9.70. The van der Waals surface area contributed by atoms with Gasteiger partial charge in [-0.3, -0.25) is 0 Å². The molecular formula is C14H13Cl2NO. The molecule has 0 radical (unpaired) electrons. The molecule has 4 heteroatoms. The Hall–Kier alpha value is -1.22. The standard InChI is InChI=1S/C14H13Cl2NO/c15-11-4-1-3-10(7-11)9-18-14-6-2-5-13(16)12(14)8-17/h1-7H,8-9,17H2. The number of benzene rings is 2.